The quantitative estimate of drug-likeness (QED) is 0.425. The van der Waals surface area contributed by atoms with Gasteiger partial charge in [0.25, 0.3) is 0 Å². The molecule has 152 valence electrons. The third-order valence-electron chi connectivity index (χ3n) is 4.65. The molecule has 8 heteroatoms. The number of carbonyl (C=O) groups excluding carboxylic acids is 1. The molecule has 0 saturated heterocycles. The van der Waals surface area contributed by atoms with Gasteiger partial charge in [-0.25, -0.2) is 4.79 Å². The van der Waals surface area contributed by atoms with Crippen LogP contribution in [0.25, 0.3) is 11.1 Å². The molecule has 1 heterocycles. The number of amides is 1. The molecule has 0 spiro atoms. The number of oxazole rings is 1. The number of aryl methyl sites for hydroxylation is 3. The van der Waals surface area contributed by atoms with Crippen molar-refractivity contribution in [2.75, 3.05) is 5.32 Å². The number of hydrogen-bond donors (Lipinski definition) is 3. The normalized spacial score (nSPS) is 10.7. The Balaban J connectivity index is 1.47. The lowest BCUT2D eigenvalue weighted by Gasteiger charge is -2.16. The number of hydrogen-bond acceptors (Lipinski definition) is 4. The van der Waals surface area contributed by atoms with E-state index in [1.54, 1.807) is 6.07 Å². The molecular formula is C21H24N4O3S. The van der Waals surface area contributed by atoms with Crippen LogP contribution in [0, 0.1) is 6.92 Å². The number of para-hydroxylation sites is 3. The van der Waals surface area contributed by atoms with Crippen LogP contribution in [0.15, 0.2) is 51.7 Å². The monoisotopic (exact) mass is 412 g/mol. The molecule has 0 atom stereocenters. The van der Waals surface area contributed by atoms with E-state index in [-0.39, 0.29) is 12.3 Å². The van der Waals surface area contributed by atoms with E-state index in [0.717, 1.165) is 28.8 Å². The van der Waals surface area contributed by atoms with E-state index in [4.69, 9.17) is 16.6 Å². The average Bonchev–Trinajstić information content (AvgIpc) is 3.03. The summed E-state index contributed by atoms with van der Waals surface area (Å²) in [5.41, 5.74) is 9.77. The first-order chi connectivity index (χ1) is 14.0. The molecule has 3 rings (SSSR count). The molecule has 0 aliphatic rings. The van der Waals surface area contributed by atoms with Gasteiger partial charge in [0.15, 0.2) is 10.7 Å². The summed E-state index contributed by atoms with van der Waals surface area (Å²) in [6.45, 7) is 4.48. The number of nitrogens with zero attached hydrogens (tertiary/aromatic N) is 1. The van der Waals surface area contributed by atoms with E-state index in [1.165, 1.54) is 4.57 Å². The number of carbonyl (C=O) groups is 1. The smallest absolute Gasteiger partial charge is 0.408 e. The number of anilines is 1. The van der Waals surface area contributed by atoms with E-state index in [2.05, 4.69) is 23.1 Å². The van der Waals surface area contributed by atoms with Crippen LogP contribution in [0.3, 0.4) is 0 Å². The summed E-state index contributed by atoms with van der Waals surface area (Å²) in [5, 5.41) is 3.46. The Morgan fingerprint density at radius 2 is 1.93 bits per heavy atom. The Kier molecular flexibility index (Phi) is 6.66. The van der Waals surface area contributed by atoms with Gasteiger partial charge in [0.1, 0.15) is 0 Å². The van der Waals surface area contributed by atoms with Gasteiger partial charge in [0, 0.05) is 18.7 Å². The van der Waals surface area contributed by atoms with Gasteiger partial charge < -0.3 is 9.73 Å². The Morgan fingerprint density at radius 3 is 2.72 bits per heavy atom. The molecule has 0 bridgehead atoms. The maximum absolute atomic E-state index is 12.1. The highest BCUT2D eigenvalue weighted by Crippen LogP contribution is 2.20. The van der Waals surface area contributed by atoms with Crippen LogP contribution < -0.4 is 21.9 Å². The van der Waals surface area contributed by atoms with Gasteiger partial charge >= 0.3 is 5.76 Å². The molecule has 0 aliphatic carbocycles. The number of aromatic nitrogens is 1. The molecule has 0 aliphatic heterocycles. The fraction of sp³-hybridized carbons (Fsp3) is 0.286. The summed E-state index contributed by atoms with van der Waals surface area (Å²) in [6, 6.07) is 13.3. The van der Waals surface area contributed by atoms with E-state index >= 15 is 0 Å². The minimum atomic E-state index is -0.417. The van der Waals surface area contributed by atoms with E-state index < -0.39 is 5.76 Å². The van der Waals surface area contributed by atoms with Crippen molar-refractivity contribution < 1.29 is 9.21 Å². The lowest BCUT2D eigenvalue weighted by Crippen LogP contribution is -2.44. The molecule has 0 unspecified atom stereocenters. The van der Waals surface area contributed by atoms with Crippen molar-refractivity contribution in [3.05, 3.63) is 64.1 Å². The van der Waals surface area contributed by atoms with Gasteiger partial charge in [-0.2, -0.15) is 0 Å². The van der Waals surface area contributed by atoms with Crippen LogP contribution in [-0.2, 0) is 17.8 Å². The minimum Gasteiger partial charge on any atom is -0.408 e. The fourth-order valence-corrected chi connectivity index (χ4v) is 3.31. The second-order valence-corrected chi connectivity index (χ2v) is 7.09. The molecule has 29 heavy (non-hydrogen) atoms. The number of rotatable bonds is 6. The summed E-state index contributed by atoms with van der Waals surface area (Å²) in [7, 11) is 0. The zero-order chi connectivity index (χ0) is 20.8. The zero-order valence-corrected chi connectivity index (χ0v) is 17.3. The SMILES string of the molecule is CCc1cccc(C)c1NC(=S)NNC(=O)CCCn1c(=O)oc2ccccc21. The van der Waals surface area contributed by atoms with Crippen LogP contribution in [0.5, 0.6) is 0 Å². The van der Waals surface area contributed by atoms with E-state index in [9.17, 15) is 9.59 Å². The van der Waals surface area contributed by atoms with Crippen molar-refractivity contribution in [1.29, 1.82) is 0 Å². The van der Waals surface area contributed by atoms with Crippen LogP contribution >= 0.6 is 12.2 Å². The number of thiocarbonyl (C=S) groups is 1. The van der Waals surface area contributed by atoms with Gasteiger partial charge in [0.05, 0.1) is 5.52 Å². The molecule has 2 aromatic carbocycles. The molecule has 0 radical (unpaired) electrons. The number of hydrazine groups is 1. The summed E-state index contributed by atoms with van der Waals surface area (Å²) in [5.74, 6) is -0.629. The molecule has 1 amide bonds. The van der Waals surface area contributed by atoms with Gasteiger partial charge in [-0.05, 0) is 55.2 Å². The highest BCUT2D eigenvalue weighted by atomic mass is 32.1. The Morgan fingerprint density at radius 1 is 1.14 bits per heavy atom. The first kappa shape index (κ1) is 20.6. The predicted octanol–water partition coefficient (Wildman–Crippen LogP) is 3.26. The number of fused-ring (bicyclic) bond motifs is 1. The Bertz CT molecular complexity index is 1090. The largest absolute Gasteiger partial charge is 0.419 e. The van der Waals surface area contributed by atoms with Crippen molar-refractivity contribution >= 4 is 40.0 Å². The van der Waals surface area contributed by atoms with Crippen molar-refractivity contribution in [2.24, 2.45) is 0 Å². The topological polar surface area (TPSA) is 88.3 Å². The molecule has 0 fully saturated rings. The van der Waals surface area contributed by atoms with Gasteiger partial charge in [-0.1, -0.05) is 37.3 Å². The summed E-state index contributed by atoms with van der Waals surface area (Å²) in [4.78, 5) is 24.0. The summed E-state index contributed by atoms with van der Waals surface area (Å²) in [6.07, 6.45) is 1.61. The predicted molar refractivity (Wildman–Crippen MR) is 118 cm³/mol. The zero-order valence-electron chi connectivity index (χ0n) is 16.5. The maximum atomic E-state index is 12.1. The average molecular weight is 413 g/mol. The Labute approximate surface area is 174 Å². The molecular weight excluding hydrogens is 388 g/mol. The van der Waals surface area contributed by atoms with E-state index in [0.29, 0.717) is 23.7 Å². The molecule has 3 aromatic rings. The minimum absolute atomic E-state index is 0.213. The third kappa shape index (κ3) is 5.03. The molecule has 0 saturated carbocycles. The second kappa shape index (κ2) is 9.38. The van der Waals surface area contributed by atoms with Crippen molar-refractivity contribution in [3.63, 3.8) is 0 Å². The maximum Gasteiger partial charge on any atom is 0.419 e. The molecule has 1 aromatic heterocycles. The lowest BCUT2D eigenvalue weighted by molar-refractivity contribution is -0.121. The van der Waals surface area contributed by atoms with Crippen LogP contribution in [-0.4, -0.2) is 15.6 Å². The molecule has 3 N–H and O–H groups in total. The third-order valence-corrected chi connectivity index (χ3v) is 4.86. The van der Waals surface area contributed by atoms with Crippen LogP contribution in [0.4, 0.5) is 5.69 Å². The second-order valence-electron chi connectivity index (χ2n) is 6.68. The van der Waals surface area contributed by atoms with E-state index in [1.807, 2.05) is 43.3 Å². The summed E-state index contributed by atoms with van der Waals surface area (Å²) < 4.78 is 6.72. The van der Waals surface area contributed by atoms with Crippen LogP contribution in [0.1, 0.15) is 30.9 Å². The first-order valence-electron chi connectivity index (χ1n) is 9.52. The van der Waals surface area contributed by atoms with Crippen LogP contribution in [0.2, 0.25) is 0 Å². The highest BCUT2D eigenvalue weighted by Gasteiger charge is 2.10. The lowest BCUT2D eigenvalue weighted by atomic mass is 10.1. The molecule has 7 nitrogen and oxygen atoms in total. The number of nitrogens with one attached hydrogen (secondary N) is 3. The highest BCUT2D eigenvalue weighted by molar-refractivity contribution is 7.80. The van der Waals surface area contributed by atoms with Crippen molar-refractivity contribution in [2.45, 2.75) is 39.7 Å². The fourth-order valence-electron chi connectivity index (χ4n) is 3.16. The van der Waals surface area contributed by atoms with Crippen molar-refractivity contribution in [3.8, 4) is 0 Å². The Hall–Kier alpha value is -3.13. The number of benzene rings is 2. The van der Waals surface area contributed by atoms with Crippen molar-refractivity contribution in [1.82, 2.24) is 15.4 Å². The van der Waals surface area contributed by atoms with Gasteiger partial charge in [-0.15, -0.1) is 0 Å². The standard InChI is InChI=1S/C21H24N4O3S/c1-3-15-9-6-8-14(2)19(15)22-20(29)24-23-18(26)12-7-13-25-16-10-4-5-11-17(16)28-21(25)27/h4-6,8-11H,3,7,12-13H2,1-2H3,(H,23,26)(H2,22,24,29). The van der Waals surface area contributed by atoms with Gasteiger partial charge in [-0.3, -0.25) is 20.2 Å². The first-order valence-corrected chi connectivity index (χ1v) is 9.93. The van der Waals surface area contributed by atoms with Gasteiger partial charge in [0.2, 0.25) is 5.91 Å². The summed E-state index contributed by atoms with van der Waals surface area (Å²) >= 11 is 5.27.